The number of carbonyl (C=O) groups is 1. The van der Waals surface area contributed by atoms with Gasteiger partial charge in [-0.25, -0.2) is 0 Å². The van der Waals surface area contributed by atoms with Gasteiger partial charge in [-0.15, -0.1) is 0 Å². The Hall–Kier alpha value is -2.10. The molecule has 0 amide bonds. The Kier molecular flexibility index (Phi) is 3.55. The summed E-state index contributed by atoms with van der Waals surface area (Å²) in [6, 6.07) is 8.79. The van der Waals surface area contributed by atoms with Crippen molar-refractivity contribution >= 4 is 17.2 Å². The minimum absolute atomic E-state index is 0.129. The van der Waals surface area contributed by atoms with Crippen LogP contribution in [0.1, 0.15) is 12.8 Å². The second-order valence-corrected chi connectivity index (χ2v) is 3.73. The summed E-state index contributed by atoms with van der Waals surface area (Å²) in [5.41, 5.74) is 0.626. The summed E-state index contributed by atoms with van der Waals surface area (Å²) >= 11 is 0. The molecular weight excluding hydrogens is 218 g/mol. The van der Waals surface area contributed by atoms with Gasteiger partial charge in [0.2, 0.25) is 5.56 Å². The van der Waals surface area contributed by atoms with Crippen LogP contribution in [0.5, 0.6) is 5.75 Å². The molecule has 4 heteroatoms. The van der Waals surface area contributed by atoms with E-state index in [1.807, 2.05) is 12.1 Å². The summed E-state index contributed by atoms with van der Waals surface area (Å²) < 4.78 is 5.48. The fraction of sp³-hybridized carbons (Fsp3) is 0.231. The number of ether oxygens (including phenoxy) is 1. The molecule has 0 aliphatic carbocycles. The summed E-state index contributed by atoms with van der Waals surface area (Å²) in [6.45, 7) is 0.501. The fourth-order valence-corrected chi connectivity index (χ4v) is 1.58. The van der Waals surface area contributed by atoms with E-state index in [9.17, 15) is 9.59 Å². The molecular formula is C13H13NO3. The molecule has 1 heterocycles. The number of benzene rings is 1. The number of rotatable bonds is 5. The molecule has 0 unspecified atom stereocenters. The van der Waals surface area contributed by atoms with Crippen LogP contribution in [0.4, 0.5) is 0 Å². The number of pyridine rings is 1. The van der Waals surface area contributed by atoms with Gasteiger partial charge >= 0.3 is 0 Å². The van der Waals surface area contributed by atoms with Crippen molar-refractivity contribution in [1.82, 2.24) is 4.98 Å². The Morgan fingerprint density at radius 1 is 1.24 bits per heavy atom. The SMILES string of the molecule is O=CCCCOc1ccc2ccc(=O)[nH]c2c1. The van der Waals surface area contributed by atoms with Crippen molar-refractivity contribution in [2.24, 2.45) is 0 Å². The number of aldehydes is 1. The van der Waals surface area contributed by atoms with E-state index >= 15 is 0 Å². The van der Waals surface area contributed by atoms with Crippen LogP contribution >= 0.6 is 0 Å². The highest BCUT2D eigenvalue weighted by atomic mass is 16.5. The molecule has 0 aliphatic rings. The molecule has 1 N–H and O–H groups in total. The Balaban J connectivity index is 2.13. The maximum Gasteiger partial charge on any atom is 0.248 e. The molecule has 0 saturated heterocycles. The first-order chi connectivity index (χ1) is 8.29. The summed E-state index contributed by atoms with van der Waals surface area (Å²) in [5, 5.41) is 0.963. The van der Waals surface area contributed by atoms with Crippen LogP contribution in [0.2, 0.25) is 0 Å². The van der Waals surface area contributed by atoms with E-state index in [0.717, 1.165) is 17.2 Å². The molecule has 0 atom stereocenters. The van der Waals surface area contributed by atoms with E-state index in [-0.39, 0.29) is 5.56 Å². The van der Waals surface area contributed by atoms with Crippen molar-refractivity contribution in [1.29, 1.82) is 0 Å². The summed E-state index contributed by atoms with van der Waals surface area (Å²) in [4.78, 5) is 24.0. The van der Waals surface area contributed by atoms with Crippen molar-refractivity contribution in [3.8, 4) is 5.75 Å². The molecule has 1 aromatic carbocycles. The predicted octanol–water partition coefficient (Wildman–Crippen LogP) is 1.89. The summed E-state index contributed by atoms with van der Waals surface area (Å²) in [7, 11) is 0. The fourth-order valence-electron chi connectivity index (χ4n) is 1.58. The standard InChI is InChI=1S/C13H13NO3/c15-7-1-2-8-17-11-5-3-10-4-6-13(16)14-12(10)9-11/h3-7,9H,1-2,8H2,(H,14,16). The number of carbonyl (C=O) groups excluding carboxylic acids is 1. The molecule has 0 bridgehead atoms. The van der Waals surface area contributed by atoms with Gasteiger partial charge in [-0.1, -0.05) is 0 Å². The lowest BCUT2D eigenvalue weighted by Gasteiger charge is -2.05. The van der Waals surface area contributed by atoms with Crippen LogP contribution in [-0.4, -0.2) is 17.9 Å². The van der Waals surface area contributed by atoms with Crippen molar-refractivity contribution in [3.63, 3.8) is 0 Å². The third kappa shape index (κ3) is 2.93. The number of hydrogen-bond acceptors (Lipinski definition) is 3. The van der Waals surface area contributed by atoms with E-state index in [2.05, 4.69) is 4.98 Å². The van der Waals surface area contributed by atoms with Gasteiger partial charge in [-0.3, -0.25) is 4.79 Å². The second kappa shape index (κ2) is 5.30. The summed E-state index contributed by atoms with van der Waals surface area (Å²) in [6.07, 6.45) is 2.08. The monoisotopic (exact) mass is 231 g/mol. The Labute approximate surface area is 98.2 Å². The predicted molar refractivity (Wildman–Crippen MR) is 65.4 cm³/mol. The van der Waals surface area contributed by atoms with Gasteiger partial charge in [0.15, 0.2) is 0 Å². The first kappa shape index (κ1) is 11.4. The molecule has 0 spiro atoms. The van der Waals surface area contributed by atoms with Gasteiger partial charge in [0.1, 0.15) is 12.0 Å². The van der Waals surface area contributed by atoms with Gasteiger partial charge in [-0.2, -0.15) is 0 Å². The number of nitrogens with one attached hydrogen (secondary N) is 1. The van der Waals surface area contributed by atoms with Crippen LogP contribution in [0.25, 0.3) is 10.9 Å². The normalized spacial score (nSPS) is 10.4. The van der Waals surface area contributed by atoms with Gasteiger partial charge < -0.3 is 14.5 Å². The van der Waals surface area contributed by atoms with Crippen LogP contribution in [0.15, 0.2) is 35.1 Å². The molecule has 0 radical (unpaired) electrons. The number of unbranched alkanes of at least 4 members (excludes halogenated alkanes) is 1. The van der Waals surface area contributed by atoms with Crippen LogP contribution < -0.4 is 10.3 Å². The first-order valence-corrected chi connectivity index (χ1v) is 5.49. The van der Waals surface area contributed by atoms with Gasteiger partial charge in [0.25, 0.3) is 0 Å². The zero-order chi connectivity index (χ0) is 12.1. The molecule has 88 valence electrons. The second-order valence-electron chi connectivity index (χ2n) is 3.73. The average molecular weight is 231 g/mol. The van der Waals surface area contributed by atoms with Crippen molar-refractivity contribution in [2.75, 3.05) is 6.61 Å². The lowest BCUT2D eigenvalue weighted by Crippen LogP contribution is -2.03. The molecule has 2 aromatic rings. The minimum atomic E-state index is -0.129. The van der Waals surface area contributed by atoms with Crippen molar-refractivity contribution in [2.45, 2.75) is 12.8 Å². The molecule has 2 rings (SSSR count). The van der Waals surface area contributed by atoms with Crippen LogP contribution in [0.3, 0.4) is 0 Å². The average Bonchev–Trinajstić information content (AvgIpc) is 2.34. The molecule has 0 fully saturated rings. The third-order valence-electron chi connectivity index (χ3n) is 2.43. The number of aromatic amines is 1. The van der Waals surface area contributed by atoms with Crippen LogP contribution in [-0.2, 0) is 4.79 Å². The Morgan fingerprint density at radius 3 is 2.88 bits per heavy atom. The van der Waals surface area contributed by atoms with E-state index < -0.39 is 0 Å². The van der Waals surface area contributed by atoms with Gasteiger partial charge in [0.05, 0.1) is 12.1 Å². The van der Waals surface area contributed by atoms with Gasteiger partial charge in [0, 0.05) is 18.6 Å². The van der Waals surface area contributed by atoms with E-state index in [0.29, 0.717) is 25.2 Å². The van der Waals surface area contributed by atoms with Gasteiger partial charge in [-0.05, 0) is 30.0 Å². The van der Waals surface area contributed by atoms with Crippen molar-refractivity contribution in [3.05, 3.63) is 40.7 Å². The maximum absolute atomic E-state index is 11.2. The number of H-pyrrole nitrogens is 1. The maximum atomic E-state index is 11.2. The Morgan fingerprint density at radius 2 is 2.06 bits per heavy atom. The van der Waals surface area contributed by atoms with E-state index in [4.69, 9.17) is 4.74 Å². The van der Waals surface area contributed by atoms with E-state index in [1.165, 1.54) is 6.07 Å². The molecule has 1 aromatic heterocycles. The minimum Gasteiger partial charge on any atom is -0.494 e. The van der Waals surface area contributed by atoms with Crippen LogP contribution in [0, 0.1) is 0 Å². The zero-order valence-corrected chi connectivity index (χ0v) is 9.31. The Bertz CT molecular complexity index is 574. The molecule has 0 saturated carbocycles. The van der Waals surface area contributed by atoms with E-state index in [1.54, 1.807) is 12.1 Å². The highest BCUT2D eigenvalue weighted by Gasteiger charge is 1.98. The third-order valence-corrected chi connectivity index (χ3v) is 2.43. The zero-order valence-electron chi connectivity index (χ0n) is 9.31. The number of hydrogen-bond donors (Lipinski definition) is 1. The molecule has 4 nitrogen and oxygen atoms in total. The highest BCUT2D eigenvalue weighted by molar-refractivity contribution is 5.79. The quantitative estimate of drug-likeness (QED) is 0.631. The molecule has 17 heavy (non-hydrogen) atoms. The highest BCUT2D eigenvalue weighted by Crippen LogP contribution is 2.18. The summed E-state index contributed by atoms with van der Waals surface area (Å²) in [5.74, 6) is 0.699. The molecule has 0 aliphatic heterocycles. The lowest BCUT2D eigenvalue weighted by atomic mass is 10.2. The lowest BCUT2D eigenvalue weighted by molar-refractivity contribution is -0.108. The topological polar surface area (TPSA) is 59.2 Å². The smallest absolute Gasteiger partial charge is 0.248 e. The number of aromatic nitrogens is 1. The van der Waals surface area contributed by atoms with Crippen molar-refractivity contribution < 1.29 is 9.53 Å². The first-order valence-electron chi connectivity index (χ1n) is 5.49. The number of fused-ring (bicyclic) bond motifs is 1. The largest absolute Gasteiger partial charge is 0.494 e.